The number of fused-ring (bicyclic) bond motifs is 3. The summed E-state index contributed by atoms with van der Waals surface area (Å²) in [4.78, 5) is 15.1. The number of H-pyrrole nitrogens is 1. The molecule has 96 valence electrons. The standard InChI is InChI=1S/C13H17N3OS/c1-7-10-8-5-18-6-9(8)12(17)14-11(10)16(15-7)13(2,3)4/h5-6H2,1-4H3,(H,14,17). The first-order valence-corrected chi connectivity index (χ1v) is 7.26. The largest absolute Gasteiger partial charge is 0.306 e. The predicted molar refractivity (Wildman–Crippen MR) is 75.1 cm³/mol. The second-order valence-corrected chi connectivity index (χ2v) is 6.78. The fourth-order valence-electron chi connectivity index (χ4n) is 2.53. The summed E-state index contributed by atoms with van der Waals surface area (Å²) in [5, 5.41) is 5.76. The predicted octanol–water partition coefficient (Wildman–Crippen LogP) is 2.53. The van der Waals surface area contributed by atoms with Crippen molar-refractivity contribution >= 4 is 22.8 Å². The molecule has 0 bridgehead atoms. The molecule has 5 heteroatoms. The van der Waals surface area contributed by atoms with Crippen molar-refractivity contribution in [3.05, 3.63) is 27.2 Å². The van der Waals surface area contributed by atoms with Gasteiger partial charge in [-0.15, -0.1) is 0 Å². The first kappa shape index (κ1) is 11.8. The van der Waals surface area contributed by atoms with Gasteiger partial charge in [0.05, 0.1) is 11.2 Å². The van der Waals surface area contributed by atoms with Crippen LogP contribution < -0.4 is 5.56 Å². The fourth-order valence-corrected chi connectivity index (χ4v) is 3.66. The van der Waals surface area contributed by atoms with Crippen molar-refractivity contribution in [3.8, 4) is 0 Å². The quantitative estimate of drug-likeness (QED) is 0.794. The first-order valence-electron chi connectivity index (χ1n) is 6.11. The molecule has 0 aliphatic carbocycles. The van der Waals surface area contributed by atoms with Crippen LogP contribution in [0.2, 0.25) is 0 Å². The van der Waals surface area contributed by atoms with Gasteiger partial charge in [-0.2, -0.15) is 16.9 Å². The number of thioether (sulfide) groups is 1. The van der Waals surface area contributed by atoms with Crippen molar-refractivity contribution in [1.29, 1.82) is 0 Å². The highest BCUT2D eigenvalue weighted by atomic mass is 32.2. The van der Waals surface area contributed by atoms with Crippen LogP contribution in [0.15, 0.2) is 4.79 Å². The van der Waals surface area contributed by atoms with Crippen LogP contribution in [0.3, 0.4) is 0 Å². The Balaban J connectivity index is 2.46. The Morgan fingerprint density at radius 1 is 1.28 bits per heavy atom. The monoisotopic (exact) mass is 263 g/mol. The molecule has 0 fully saturated rings. The van der Waals surface area contributed by atoms with Gasteiger partial charge < -0.3 is 4.98 Å². The van der Waals surface area contributed by atoms with E-state index < -0.39 is 0 Å². The van der Waals surface area contributed by atoms with E-state index in [1.165, 1.54) is 5.56 Å². The highest BCUT2D eigenvalue weighted by Gasteiger charge is 2.25. The molecule has 0 atom stereocenters. The third kappa shape index (κ3) is 1.53. The Labute approximate surface area is 110 Å². The van der Waals surface area contributed by atoms with Crippen LogP contribution in [0.4, 0.5) is 0 Å². The number of aromatic nitrogens is 3. The summed E-state index contributed by atoms with van der Waals surface area (Å²) in [6, 6.07) is 0. The lowest BCUT2D eigenvalue weighted by Gasteiger charge is -2.20. The maximum Gasteiger partial charge on any atom is 0.253 e. The summed E-state index contributed by atoms with van der Waals surface area (Å²) in [6.45, 7) is 8.31. The van der Waals surface area contributed by atoms with Gasteiger partial charge in [-0.1, -0.05) is 0 Å². The van der Waals surface area contributed by atoms with E-state index in [2.05, 4.69) is 30.9 Å². The second-order valence-electron chi connectivity index (χ2n) is 5.80. The van der Waals surface area contributed by atoms with E-state index in [1.807, 2.05) is 11.6 Å². The van der Waals surface area contributed by atoms with E-state index in [9.17, 15) is 4.79 Å². The molecule has 0 saturated carbocycles. The molecule has 1 aliphatic heterocycles. The minimum atomic E-state index is -0.130. The van der Waals surface area contributed by atoms with Crippen LogP contribution in [0.25, 0.3) is 11.0 Å². The van der Waals surface area contributed by atoms with E-state index in [4.69, 9.17) is 0 Å². The molecule has 2 aromatic heterocycles. The summed E-state index contributed by atoms with van der Waals surface area (Å²) >= 11 is 1.80. The number of nitrogens with one attached hydrogen (secondary N) is 1. The molecule has 18 heavy (non-hydrogen) atoms. The summed E-state index contributed by atoms with van der Waals surface area (Å²) in [6.07, 6.45) is 0. The van der Waals surface area contributed by atoms with Gasteiger partial charge in [0.1, 0.15) is 5.65 Å². The number of hydrogen-bond donors (Lipinski definition) is 1. The van der Waals surface area contributed by atoms with Gasteiger partial charge in [-0.05, 0) is 33.3 Å². The van der Waals surface area contributed by atoms with Crippen molar-refractivity contribution in [1.82, 2.24) is 14.8 Å². The SMILES string of the molecule is Cc1nn(C(C)(C)C)c2[nH]c(=O)c3c(c12)CSC3. The molecule has 2 aromatic rings. The maximum atomic E-state index is 12.1. The minimum Gasteiger partial charge on any atom is -0.306 e. The van der Waals surface area contributed by atoms with Crippen molar-refractivity contribution in [2.45, 2.75) is 44.7 Å². The molecule has 0 amide bonds. The summed E-state index contributed by atoms with van der Waals surface area (Å²) in [7, 11) is 0. The number of aromatic amines is 1. The molecule has 0 radical (unpaired) electrons. The average Bonchev–Trinajstić information content (AvgIpc) is 2.82. The first-order chi connectivity index (χ1) is 8.39. The molecule has 0 spiro atoms. The van der Waals surface area contributed by atoms with Gasteiger partial charge in [0.25, 0.3) is 5.56 Å². The lowest BCUT2D eigenvalue weighted by atomic mass is 10.1. The maximum absolute atomic E-state index is 12.1. The van der Waals surface area contributed by atoms with Crippen molar-refractivity contribution < 1.29 is 0 Å². The fraction of sp³-hybridized carbons (Fsp3) is 0.538. The Morgan fingerprint density at radius 2 is 1.94 bits per heavy atom. The number of rotatable bonds is 0. The molecule has 0 unspecified atom stereocenters. The molecule has 3 rings (SSSR count). The minimum absolute atomic E-state index is 0.0490. The third-order valence-corrected chi connectivity index (χ3v) is 4.35. The van der Waals surface area contributed by atoms with E-state index in [1.54, 1.807) is 11.8 Å². The number of aryl methyl sites for hydroxylation is 1. The topological polar surface area (TPSA) is 50.7 Å². The van der Waals surface area contributed by atoms with Gasteiger partial charge in [0.2, 0.25) is 0 Å². The smallest absolute Gasteiger partial charge is 0.253 e. The average molecular weight is 263 g/mol. The Morgan fingerprint density at radius 3 is 2.61 bits per heavy atom. The number of nitrogens with zero attached hydrogens (tertiary/aromatic N) is 2. The highest BCUT2D eigenvalue weighted by Crippen LogP contribution is 2.34. The normalized spacial score (nSPS) is 15.3. The van der Waals surface area contributed by atoms with Crippen LogP contribution in [0.1, 0.15) is 37.6 Å². The molecule has 0 aromatic carbocycles. The summed E-state index contributed by atoms with van der Waals surface area (Å²) < 4.78 is 1.93. The number of pyridine rings is 1. The zero-order chi connectivity index (χ0) is 13.1. The Bertz CT molecular complexity index is 691. The third-order valence-electron chi connectivity index (χ3n) is 3.36. The Hall–Kier alpha value is -1.23. The van der Waals surface area contributed by atoms with Gasteiger partial charge >= 0.3 is 0 Å². The van der Waals surface area contributed by atoms with Gasteiger partial charge in [0.15, 0.2) is 0 Å². The molecular weight excluding hydrogens is 246 g/mol. The van der Waals surface area contributed by atoms with Crippen molar-refractivity contribution in [2.24, 2.45) is 0 Å². The lowest BCUT2D eigenvalue weighted by Crippen LogP contribution is -2.25. The van der Waals surface area contributed by atoms with Crippen molar-refractivity contribution in [3.63, 3.8) is 0 Å². The zero-order valence-corrected chi connectivity index (χ0v) is 11.9. The zero-order valence-electron chi connectivity index (χ0n) is 11.1. The van der Waals surface area contributed by atoms with E-state index in [0.717, 1.165) is 33.8 Å². The van der Waals surface area contributed by atoms with Crippen LogP contribution in [0.5, 0.6) is 0 Å². The number of hydrogen-bond acceptors (Lipinski definition) is 3. The second kappa shape index (κ2) is 3.63. The van der Waals surface area contributed by atoms with Gasteiger partial charge in [-0.3, -0.25) is 4.79 Å². The van der Waals surface area contributed by atoms with E-state index in [0.29, 0.717) is 0 Å². The molecule has 1 N–H and O–H groups in total. The Kier molecular flexibility index (Phi) is 2.39. The van der Waals surface area contributed by atoms with E-state index in [-0.39, 0.29) is 11.1 Å². The van der Waals surface area contributed by atoms with E-state index >= 15 is 0 Å². The van der Waals surface area contributed by atoms with Gasteiger partial charge in [-0.25, -0.2) is 4.68 Å². The molecule has 1 aliphatic rings. The van der Waals surface area contributed by atoms with Crippen molar-refractivity contribution in [2.75, 3.05) is 0 Å². The molecule has 4 nitrogen and oxygen atoms in total. The van der Waals surface area contributed by atoms with Gasteiger partial charge in [0, 0.05) is 22.5 Å². The lowest BCUT2D eigenvalue weighted by molar-refractivity contribution is 0.364. The van der Waals surface area contributed by atoms with Crippen LogP contribution in [-0.4, -0.2) is 14.8 Å². The summed E-state index contributed by atoms with van der Waals surface area (Å²) in [5.41, 5.74) is 3.92. The van der Waals surface area contributed by atoms with Crippen LogP contribution in [0, 0.1) is 6.92 Å². The van der Waals surface area contributed by atoms with Crippen LogP contribution in [-0.2, 0) is 17.0 Å². The van der Waals surface area contributed by atoms with Crippen LogP contribution >= 0.6 is 11.8 Å². The molecule has 3 heterocycles. The highest BCUT2D eigenvalue weighted by molar-refractivity contribution is 7.98. The molecule has 0 saturated heterocycles. The summed E-state index contributed by atoms with van der Waals surface area (Å²) in [5.74, 6) is 1.74. The molecular formula is C13H17N3OS.